The molecule has 0 saturated heterocycles. The van der Waals surface area contributed by atoms with E-state index in [9.17, 15) is 0 Å². The molecule has 0 fully saturated rings. The van der Waals surface area contributed by atoms with E-state index in [1.54, 1.807) is 0 Å². The number of unbranched alkanes of at least 4 members (excludes halogenated alkanes) is 1. The topological polar surface area (TPSA) is 23.8 Å². The first-order chi connectivity index (χ1) is 5.41. The lowest BCUT2D eigenvalue weighted by Gasteiger charge is -1.97. The highest BCUT2D eigenvalue weighted by molar-refractivity contribution is 8.02. The summed E-state index contributed by atoms with van der Waals surface area (Å²) >= 11 is 3.95. The van der Waals surface area contributed by atoms with Crippen LogP contribution in [0.5, 0.6) is 0 Å². The molecular formula is C8H15NS2. The molecule has 0 bridgehead atoms. The fourth-order valence-electron chi connectivity index (χ4n) is 0.618. The molecule has 0 saturated carbocycles. The van der Waals surface area contributed by atoms with Crippen LogP contribution in [-0.4, -0.2) is 23.0 Å². The third-order valence-electron chi connectivity index (χ3n) is 1.15. The molecule has 0 aliphatic rings. The van der Waals surface area contributed by atoms with Crippen LogP contribution in [0.2, 0.25) is 0 Å². The molecular weight excluding hydrogens is 174 g/mol. The van der Waals surface area contributed by atoms with E-state index in [0.717, 1.165) is 12.2 Å². The maximum Gasteiger partial charge on any atom is 0.0622 e. The van der Waals surface area contributed by atoms with Crippen LogP contribution >= 0.6 is 23.5 Å². The Hall–Kier alpha value is 0.190. The Morgan fingerprint density at radius 3 is 2.55 bits per heavy atom. The minimum atomic E-state index is 0.716. The lowest BCUT2D eigenvalue weighted by molar-refractivity contribution is 0.982. The minimum absolute atomic E-state index is 0.716. The molecule has 0 rings (SSSR count). The van der Waals surface area contributed by atoms with Crippen LogP contribution in [-0.2, 0) is 0 Å². The number of hydrogen-bond donors (Lipinski definition) is 0. The van der Waals surface area contributed by atoms with E-state index < -0.39 is 0 Å². The molecule has 3 heteroatoms. The van der Waals surface area contributed by atoms with Crippen LogP contribution in [0.15, 0.2) is 0 Å². The molecule has 0 atom stereocenters. The van der Waals surface area contributed by atoms with Crippen molar-refractivity contribution in [2.24, 2.45) is 0 Å². The summed E-state index contributed by atoms with van der Waals surface area (Å²) in [7, 11) is 0. The van der Waals surface area contributed by atoms with E-state index in [2.05, 4.69) is 13.0 Å². The maximum atomic E-state index is 8.24. The number of hydrogen-bond acceptors (Lipinski definition) is 3. The van der Waals surface area contributed by atoms with Crippen molar-refractivity contribution in [3.8, 4) is 6.07 Å². The third kappa shape index (κ3) is 10.2. The molecule has 11 heavy (non-hydrogen) atoms. The Kier molecular flexibility index (Phi) is 10.4. The highest BCUT2D eigenvalue weighted by Crippen LogP contribution is 2.08. The van der Waals surface area contributed by atoms with Crippen LogP contribution in [0.1, 0.15) is 19.8 Å². The van der Waals surface area contributed by atoms with Gasteiger partial charge in [0.15, 0.2) is 0 Å². The Morgan fingerprint density at radius 2 is 1.91 bits per heavy atom. The summed E-state index contributed by atoms with van der Waals surface area (Å²) in [6.07, 6.45) is 1.77. The molecule has 0 aliphatic carbocycles. The summed E-state index contributed by atoms with van der Waals surface area (Å²) in [5, 5.41) is 8.24. The molecule has 0 spiro atoms. The summed E-state index contributed by atoms with van der Waals surface area (Å²) in [5.74, 6) is 4.87. The average molecular weight is 189 g/mol. The predicted octanol–water partition coefficient (Wildman–Crippen LogP) is 2.78. The molecule has 0 radical (unpaired) electrons. The monoisotopic (exact) mass is 189 g/mol. The fraction of sp³-hybridized carbons (Fsp3) is 0.875. The van der Waals surface area contributed by atoms with Crippen LogP contribution in [0.4, 0.5) is 0 Å². The van der Waals surface area contributed by atoms with Crippen molar-refractivity contribution >= 4 is 23.5 Å². The van der Waals surface area contributed by atoms with Crippen LogP contribution in [0.25, 0.3) is 0 Å². The molecule has 0 aliphatic heterocycles. The van der Waals surface area contributed by atoms with Crippen LogP contribution in [0, 0.1) is 11.3 Å². The van der Waals surface area contributed by atoms with Gasteiger partial charge in [-0.3, -0.25) is 0 Å². The lowest BCUT2D eigenvalue weighted by Crippen LogP contribution is -1.86. The number of nitrogens with zero attached hydrogens (tertiary/aromatic N) is 1. The summed E-state index contributed by atoms with van der Waals surface area (Å²) in [6, 6.07) is 2.15. The van der Waals surface area contributed by atoms with Crippen molar-refractivity contribution in [1.29, 1.82) is 5.26 Å². The fourth-order valence-corrected chi connectivity index (χ4v) is 2.40. The quantitative estimate of drug-likeness (QED) is 0.575. The zero-order valence-electron chi connectivity index (χ0n) is 7.01. The van der Waals surface area contributed by atoms with Gasteiger partial charge in [0, 0.05) is 17.9 Å². The van der Waals surface area contributed by atoms with Gasteiger partial charge >= 0.3 is 0 Å². The normalized spacial score (nSPS) is 9.45. The van der Waals surface area contributed by atoms with Crippen molar-refractivity contribution in [3.05, 3.63) is 0 Å². The van der Waals surface area contributed by atoms with Gasteiger partial charge in [0.05, 0.1) is 6.07 Å². The Labute approximate surface area is 77.9 Å². The van der Waals surface area contributed by atoms with E-state index in [0.29, 0.717) is 6.42 Å². The second kappa shape index (κ2) is 10.2. The second-order valence-corrected chi connectivity index (χ2v) is 4.69. The molecule has 0 amide bonds. The van der Waals surface area contributed by atoms with E-state index >= 15 is 0 Å². The first-order valence-corrected chi connectivity index (χ1v) is 6.25. The zero-order chi connectivity index (χ0) is 8.36. The van der Waals surface area contributed by atoms with E-state index in [1.807, 2.05) is 23.5 Å². The first-order valence-electron chi connectivity index (χ1n) is 3.94. The molecule has 0 N–H and O–H groups in total. The number of rotatable bonds is 7. The Balaban J connectivity index is 2.75. The van der Waals surface area contributed by atoms with Gasteiger partial charge in [-0.25, -0.2) is 0 Å². The zero-order valence-corrected chi connectivity index (χ0v) is 8.64. The third-order valence-corrected chi connectivity index (χ3v) is 3.38. The van der Waals surface area contributed by atoms with Crippen molar-refractivity contribution in [2.75, 3.05) is 23.0 Å². The summed E-state index contributed by atoms with van der Waals surface area (Å²) in [4.78, 5) is 0. The summed E-state index contributed by atoms with van der Waals surface area (Å²) in [5.41, 5.74) is 0. The highest BCUT2D eigenvalue weighted by Gasteiger charge is 1.89. The molecule has 0 unspecified atom stereocenters. The second-order valence-electron chi connectivity index (χ2n) is 2.07. The molecule has 0 aromatic carbocycles. The first kappa shape index (κ1) is 11.2. The van der Waals surface area contributed by atoms with Crippen molar-refractivity contribution in [2.45, 2.75) is 19.8 Å². The van der Waals surface area contributed by atoms with Crippen LogP contribution in [0.3, 0.4) is 0 Å². The van der Waals surface area contributed by atoms with Gasteiger partial charge in [-0.15, -0.1) is 0 Å². The molecule has 1 nitrogen and oxygen atoms in total. The molecule has 64 valence electrons. The van der Waals surface area contributed by atoms with Crippen molar-refractivity contribution < 1.29 is 0 Å². The Bertz CT molecular complexity index is 109. The van der Waals surface area contributed by atoms with Crippen molar-refractivity contribution in [1.82, 2.24) is 0 Å². The van der Waals surface area contributed by atoms with Crippen molar-refractivity contribution in [3.63, 3.8) is 0 Å². The highest BCUT2D eigenvalue weighted by atomic mass is 32.2. The predicted molar refractivity (Wildman–Crippen MR) is 55.2 cm³/mol. The van der Waals surface area contributed by atoms with Gasteiger partial charge in [0.25, 0.3) is 0 Å². The van der Waals surface area contributed by atoms with Crippen LogP contribution < -0.4 is 0 Å². The Morgan fingerprint density at radius 1 is 1.18 bits per heavy atom. The van der Waals surface area contributed by atoms with E-state index in [1.165, 1.54) is 17.3 Å². The van der Waals surface area contributed by atoms with E-state index in [-0.39, 0.29) is 0 Å². The summed E-state index contributed by atoms with van der Waals surface area (Å²) < 4.78 is 0. The lowest BCUT2D eigenvalue weighted by atomic mass is 10.4. The van der Waals surface area contributed by atoms with Gasteiger partial charge < -0.3 is 0 Å². The molecule has 0 heterocycles. The maximum absolute atomic E-state index is 8.24. The van der Waals surface area contributed by atoms with Gasteiger partial charge in [-0.1, -0.05) is 6.92 Å². The molecule has 0 aromatic rings. The van der Waals surface area contributed by atoms with Gasteiger partial charge in [-0.2, -0.15) is 28.8 Å². The SMILES string of the molecule is CCSCCSCCCC#N. The molecule has 0 aromatic heterocycles. The van der Waals surface area contributed by atoms with E-state index in [4.69, 9.17) is 5.26 Å². The number of thioether (sulfide) groups is 2. The standard InChI is InChI=1S/C8H15NS2/c1-2-10-7-8-11-6-4-3-5-9/h2-4,6-8H2,1H3. The minimum Gasteiger partial charge on any atom is -0.198 e. The van der Waals surface area contributed by atoms with Gasteiger partial charge in [0.1, 0.15) is 0 Å². The number of nitriles is 1. The van der Waals surface area contributed by atoms with Gasteiger partial charge in [0.2, 0.25) is 0 Å². The summed E-state index contributed by atoms with van der Waals surface area (Å²) in [6.45, 7) is 2.19. The smallest absolute Gasteiger partial charge is 0.0622 e. The average Bonchev–Trinajstić information content (AvgIpc) is 2.03. The van der Waals surface area contributed by atoms with Gasteiger partial charge in [-0.05, 0) is 17.9 Å². The largest absolute Gasteiger partial charge is 0.198 e.